The Morgan fingerprint density at radius 1 is 1.10 bits per heavy atom. The van der Waals surface area contributed by atoms with E-state index in [1.807, 2.05) is 12.1 Å². The van der Waals surface area contributed by atoms with Crippen molar-refractivity contribution in [1.29, 1.82) is 0 Å². The van der Waals surface area contributed by atoms with E-state index >= 15 is 0 Å². The Kier molecular flexibility index (Phi) is 5.62. The van der Waals surface area contributed by atoms with Gasteiger partial charge in [-0.15, -0.1) is 0 Å². The van der Waals surface area contributed by atoms with E-state index in [1.165, 1.54) is 11.1 Å². The zero-order valence-corrected chi connectivity index (χ0v) is 12.5. The Hall–Kier alpha value is -1.81. The summed E-state index contributed by atoms with van der Waals surface area (Å²) >= 11 is 5.22. The summed E-state index contributed by atoms with van der Waals surface area (Å²) in [5, 5.41) is 6.98. The van der Waals surface area contributed by atoms with Gasteiger partial charge in [0.25, 0.3) is 0 Å². The van der Waals surface area contributed by atoms with E-state index in [1.54, 1.807) is 6.26 Å². The second-order valence-corrected chi connectivity index (χ2v) is 5.02. The topological polar surface area (TPSA) is 37.2 Å². The predicted molar refractivity (Wildman–Crippen MR) is 85.7 cm³/mol. The van der Waals surface area contributed by atoms with Crippen LogP contribution in [0.15, 0.2) is 47.1 Å². The molecule has 0 aliphatic rings. The van der Waals surface area contributed by atoms with Crippen LogP contribution in [0.4, 0.5) is 0 Å². The summed E-state index contributed by atoms with van der Waals surface area (Å²) in [5.74, 6) is 0.879. The molecule has 0 aliphatic heterocycles. The van der Waals surface area contributed by atoms with Crippen molar-refractivity contribution in [2.24, 2.45) is 0 Å². The Balaban J connectivity index is 1.65. The molecule has 0 bridgehead atoms. The molecule has 0 unspecified atom stereocenters. The second-order valence-electron chi connectivity index (χ2n) is 4.61. The molecule has 0 spiro atoms. The third-order valence-corrected chi connectivity index (χ3v) is 3.42. The number of nitrogens with one attached hydrogen (secondary N) is 2. The zero-order valence-electron chi connectivity index (χ0n) is 11.7. The third-order valence-electron chi connectivity index (χ3n) is 3.13. The van der Waals surface area contributed by atoms with Gasteiger partial charge >= 0.3 is 0 Å². The first kappa shape index (κ1) is 14.6. The lowest BCUT2D eigenvalue weighted by atomic mass is 10.1. The lowest BCUT2D eigenvalue weighted by Gasteiger charge is -2.09. The van der Waals surface area contributed by atoms with Gasteiger partial charge < -0.3 is 15.1 Å². The van der Waals surface area contributed by atoms with Gasteiger partial charge in [0.15, 0.2) is 5.11 Å². The van der Waals surface area contributed by atoms with E-state index in [4.69, 9.17) is 16.6 Å². The molecule has 0 saturated carbocycles. The lowest BCUT2D eigenvalue weighted by molar-refractivity contribution is 0.502. The van der Waals surface area contributed by atoms with Crippen molar-refractivity contribution in [2.75, 3.05) is 6.54 Å². The van der Waals surface area contributed by atoms with Gasteiger partial charge in [0, 0.05) is 6.54 Å². The maximum atomic E-state index is 5.23. The van der Waals surface area contributed by atoms with Gasteiger partial charge in [-0.1, -0.05) is 31.2 Å². The summed E-state index contributed by atoms with van der Waals surface area (Å²) in [4.78, 5) is 0. The number of furan rings is 1. The number of rotatable bonds is 6. The van der Waals surface area contributed by atoms with E-state index in [9.17, 15) is 0 Å². The molecule has 0 fully saturated rings. The van der Waals surface area contributed by atoms with Gasteiger partial charge in [0.2, 0.25) is 0 Å². The molecule has 0 saturated heterocycles. The molecule has 2 rings (SSSR count). The monoisotopic (exact) mass is 288 g/mol. The fourth-order valence-corrected chi connectivity index (χ4v) is 2.08. The normalized spacial score (nSPS) is 10.2. The van der Waals surface area contributed by atoms with Crippen molar-refractivity contribution < 1.29 is 4.42 Å². The average Bonchev–Trinajstić information content (AvgIpc) is 2.99. The Morgan fingerprint density at radius 3 is 2.50 bits per heavy atom. The number of hydrogen-bond acceptors (Lipinski definition) is 2. The molecule has 3 nitrogen and oxygen atoms in total. The van der Waals surface area contributed by atoms with Crippen molar-refractivity contribution in [3.8, 4) is 0 Å². The van der Waals surface area contributed by atoms with Crippen molar-refractivity contribution in [3.63, 3.8) is 0 Å². The van der Waals surface area contributed by atoms with E-state index in [0.29, 0.717) is 11.7 Å². The van der Waals surface area contributed by atoms with E-state index in [0.717, 1.165) is 25.1 Å². The van der Waals surface area contributed by atoms with E-state index < -0.39 is 0 Å². The molecule has 0 amide bonds. The van der Waals surface area contributed by atoms with Crippen LogP contribution in [0, 0.1) is 0 Å². The summed E-state index contributed by atoms with van der Waals surface area (Å²) in [6.45, 7) is 3.61. The quantitative estimate of drug-likeness (QED) is 0.801. The molecule has 4 heteroatoms. The van der Waals surface area contributed by atoms with Crippen LogP contribution >= 0.6 is 12.2 Å². The minimum absolute atomic E-state index is 0.615. The molecule has 1 aromatic heterocycles. The van der Waals surface area contributed by atoms with Crippen molar-refractivity contribution in [2.45, 2.75) is 26.3 Å². The second kappa shape index (κ2) is 7.70. The maximum Gasteiger partial charge on any atom is 0.166 e. The molecular weight excluding hydrogens is 268 g/mol. The zero-order chi connectivity index (χ0) is 14.2. The van der Waals surface area contributed by atoms with Crippen LogP contribution in [0.25, 0.3) is 0 Å². The molecule has 2 aromatic rings. The first-order chi connectivity index (χ1) is 9.78. The lowest BCUT2D eigenvalue weighted by Crippen LogP contribution is -2.35. The predicted octanol–water partition coefficient (Wildman–Crippen LogP) is 3.05. The largest absolute Gasteiger partial charge is 0.467 e. The molecule has 0 atom stereocenters. The summed E-state index contributed by atoms with van der Waals surface area (Å²) in [6.07, 6.45) is 3.71. The SMILES string of the molecule is CCc1ccc(CCNC(=S)NCc2ccco2)cc1. The van der Waals surface area contributed by atoms with Gasteiger partial charge in [-0.2, -0.15) is 0 Å². The van der Waals surface area contributed by atoms with Gasteiger partial charge in [-0.05, 0) is 48.3 Å². The van der Waals surface area contributed by atoms with Crippen LogP contribution in [-0.2, 0) is 19.4 Å². The highest BCUT2D eigenvalue weighted by molar-refractivity contribution is 7.80. The Bertz CT molecular complexity index is 520. The molecular formula is C16H20N2OS. The van der Waals surface area contributed by atoms with Crippen LogP contribution in [-0.4, -0.2) is 11.7 Å². The van der Waals surface area contributed by atoms with Crippen LogP contribution < -0.4 is 10.6 Å². The highest BCUT2D eigenvalue weighted by Crippen LogP contribution is 2.05. The number of aryl methyl sites for hydroxylation is 1. The van der Waals surface area contributed by atoms with Crippen molar-refractivity contribution in [3.05, 3.63) is 59.5 Å². The minimum atomic E-state index is 0.615. The number of thiocarbonyl (C=S) groups is 1. The van der Waals surface area contributed by atoms with Gasteiger partial charge in [0.05, 0.1) is 12.8 Å². The van der Waals surface area contributed by atoms with E-state index in [2.05, 4.69) is 41.8 Å². The van der Waals surface area contributed by atoms with Crippen LogP contribution in [0.3, 0.4) is 0 Å². The fraction of sp³-hybridized carbons (Fsp3) is 0.312. The average molecular weight is 288 g/mol. The fourth-order valence-electron chi connectivity index (χ4n) is 1.91. The minimum Gasteiger partial charge on any atom is -0.467 e. The molecule has 1 aromatic carbocycles. The molecule has 0 radical (unpaired) electrons. The highest BCUT2D eigenvalue weighted by atomic mass is 32.1. The first-order valence-electron chi connectivity index (χ1n) is 6.90. The third kappa shape index (κ3) is 4.70. The molecule has 1 heterocycles. The number of benzene rings is 1. The summed E-state index contributed by atoms with van der Waals surface area (Å²) in [7, 11) is 0. The molecule has 106 valence electrons. The van der Waals surface area contributed by atoms with Crippen LogP contribution in [0.1, 0.15) is 23.8 Å². The molecule has 2 N–H and O–H groups in total. The van der Waals surface area contributed by atoms with Gasteiger partial charge in [-0.25, -0.2) is 0 Å². The van der Waals surface area contributed by atoms with Gasteiger partial charge in [0.1, 0.15) is 5.76 Å². The highest BCUT2D eigenvalue weighted by Gasteiger charge is 1.99. The maximum absolute atomic E-state index is 5.23. The summed E-state index contributed by atoms with van der Waals surface area (Å²) < 4.78 is 5.23. The molecule has 20 heavy (non-hydrogen) atoms. The Labute approximate surface area is 125 Å². The van der Waals surface area contributed by atoms with Crippen molar-refractivity contribution >= 4 is 17.3 Å². The molecule has 0 aliphatic carbocycles. The summed E-state index contributed by atoms with van der Waals surface area (Å²) in [6, 6.07) is 12.5. The van der Waals surface area contributed by atoms with E-state index in [-0.39, 0.29) is 0 Å². The van der Waals surface area contributed by atoms with Crippen molar-refractivity contribution in [1.82, 2.24) is 10.6 Å². The first-order valence-corrected chi connectivity index (χ1v) is 7.30. The smallest absolute Gasteiger partial charge is 0.166 e. The van der Waals surface area contributed by atoms with Crippen LogP contribution in [0.5, 0.6) is 0 Å². The van der Waals surface area contributed by atoms with Crippen LogP contribution in [0.2, 0.25) is 0 Å². The van der Waals surface area contributed by atoms with Gasteiger partial charge in [-0.3, -0.25) is 0 Å². The standard InChI is InChI=1S/C16H20N2OS/c1-2-13-5-7-14(8-6-13)9-10-17-16(20)18-12-15-4-3-11-19-15/h3-8,11H,2,9-10,12H2,1H3,(H2,17,18,20). The summed E-state index contributed by atoms with van der Waals surface area (Å²) in [5.41, 5.74) is 2.70. The Morgan fingerprint density at radius 2 is 1.85 bits per heavy atom. The number of hydrogen-bond donors (Lipinski definition) is 2.